The van der Waals surface area contributed by atoms with E-state index in [0.717, 1.165) is 26.2 Å². The smallest absolute Gasteiger partial charge is 0.320 e. The molecule has 0 spiro atoms. The van der Waals surface area contributed by atoms with Crippen molar-refractivity contribution < 1.29 is 9.53 Å². The van der Waals surface area contributed by atoms with Crippen molar-refractivity contribution in [2.45, 2.75) is 20.8 Å². The quantitative estimate of drug-likeness (QED) is 0.676. The third kappa shape index (κ3) is 5.94. The lowest BCUT2D eigenvalue weighted by atomic mass is 10.3. The predicted molar refractivity (Wildman–Crippen MR) is 57.3 cm³/mol. The van der Waals surface area contributed by atoms with Crippen molar-refractivity contribution in [2.24, 2.45) is 0 Å². The minimum absolute atomic E-state index is 0.112. The SMILES string of the molecule is CC.CCOC(=O)CN1CCNCC1. The van der Waals surface area contributed by atoms with Gasteiger partial charge in [0.25, 0.3) is 0 Å². The average molecular weight is 202 g/mol. The molecule has 0 atom stereocenters. The molecule has 1 rings (SSSR count). The van der Waals surface area contributed by atoms with Gasteiger partial charge in [-0.25, -0.2) is 0 Å². The molecule has 0 unspecified atom stereocenters. The number of carbonyl (C=O) groups is 1. The van der Waals surface area contributed by atoms with Crippen LogP contribution in [0, 0.1) is 0 Å². The van der Waals surface area contributed by atoms with E-state index in [0.29, 0.717) is 13.2 Å². The van der Waals surface area contributed by atoms with Crippen molar-refractivity contribution in [3.8, 4) is 0 Å². The van der Waals surface area contributed by atoms with Crippen molar-refractivity contribution in [2.75, 3.05) is 39.3 Å². The molecule has 1 heterocycles. The Hall–Kier alpha value is -0.610. The molecule has 14 heavy (non-hydrogen) atoms. The fraction of sp³-hybridized carbons (Fsp3) is 0.900. The van der Waals surface area contributed by atoms with Crippen molar-refractivity contribution in [3.63, 3.8) is 0 Å². The second kappa shape index (κ2) is 8.97. The maximum Gasteiger partial charge on any atom is 0.320 e. The van der Waals surface area contributed by atoms with E-state index >= 15 is 0 Å². The van der Waals surface area contributed by atoms with Crippen LogP contribution in [-0.2, 0) is 9.53 Å². The Morgan fingerprint density at radius 2 is 1.93 bits per heavy atom. The van der Waals surface area contributed by atoms with E-state index in [1.807, 2.05) is 20.8 Å². The number of nitrogens with zero attached hydrogens (tertiary/aromatic N) is 1. The third-order valence-corrected chi connectivity index (χ3v) is 1.87. The molecule has 84 valence electrons. The highest BCUT2D eigenvalue weighted by atomic mass is 16.5. The lowest BCUT2D eigenvalue weighted by molar-refractivity contribution is -0.144. The Morgan fingerprint density at radius 1 is 1.36 bits per heavy atom. The fourth-order valence-corrected chi connectivity index (χ4v) is 1.26. The number of piperazine rings is 1. The molecule has 0 bridgehead atoms. The van der Waals surface area contributed by atoms with Crippen LogP contribution in [0.15, 0.2) is 0 Å². The first-order valence-electron chi connectivity index (χ1n) is 5.41. The van der Waals surface area contributed by atoms with E-state index in [4.69, 9.17) is 4.74 Å². The van der Waals surface area contributed by atoms with Crippen LogP contribution < -0.4 is 5.32 Å². The van der Waals surface area contributed by atoms with Crippen LogP contribution in [0.5, 0.6) is 0 Å². The van der Waals surface area contributed by atoms with Gasteiger partial charge in [-0.15, -0.1) is 0 Å². The van der Waals surface area contributed by atoms with E-state index in [2.05, 4.69) is 10.2 Å². The summed E-state index contributed by atoms with van der Waals surface area (Å²) in [6.45, 7) is 10.6. The van der Waals surface area contributed by atoms with Gasteiger partial charge in [0.2, 0.25) is 0 Å². The highest BCUT2D eigenvalue weighted by Crippen LogP contribution is 1.92. The molecule has 0 saturated carbocycles. The van der Waals surface area contributed by atoms with Crippen LogP contribution in [0.4, 0.5) is 0 Å². The minimum Gasteiger partial charge on any atom is -0.465 e. The zero-order chi connectivity index (χ0) is 10.8. The largest absolute Gasteiger partial charge is 0.465 e. The zero-order valence-corrected chi connectivity index (χ0v) is 9.51. The first-order valence-corrected chi connectivity index (χ1v) is 5.41. The van der Waals surface area contributed by atoms with Gasteiger partial charge in [0, 0.05) is 26.2 Å². The maximum atomic E-state index is 11.0. The number of nitrogens with one attached hydrogen (secondary N) is 1. The Balaban J connectivity index is 0.000000791. The number of carbonyl (C=O) groups excluding carboxylic acids is 1. The van der Waals surface area contributed by atoms with Crippen LogP contribution >= 0.6 is 0 Å². The third-order valence-electron chi connectivity index (χ3n) is 1.87. The molecule has 0 aromatic rings. The van der Waals surface area contributed by atoms with E-state index < -0.39 is 0 Å². The highest BCUT2D eigenvalue weighted by molar-refractivity contribution is 5.71. The van der Waals surface area contributed by atoms with Crippen molar-refractivity contribution in [1.29, 1.82) is 0 Å². The molecule has 1 aliphatic rings. The Labute approximate surface area is 86.6 Å². The van der Waals surface area contributed by atoms with Gasteiger partial charge in [-0.3, -0.25) is 9.69 Å². The summed E-state index contributed by atoms with van der Waals surface area (Å²) >= 11 is 0. The van der Waals surface area contributed by atoms with E-state index in [9.17, 15) is 4.79 Å². The second-order valence-corrected chi connectivity index (χ2v) is 2.83. The molecule has 0 radical (unpaired) electrons. The van der Waals surface area contributed by atoms with Crippen LogP contribution in [0.25, 0.3) is 0 Å². The maximum absolute atomic E-state index is 11.0. The number of rotatable bonds is 3. The highest BCUT2D eigenvalue weighted by Gasteiger charge is 2.13. The number of hydrogen-bond donors (Lipinski definition) is 1. The van der Waals surface area contributed by atoms with Gasteiger partial charge in [-0.2, -0.15) is 0 Å². The summed E-state index contributed by atoms with van der Waals surface area (Å²) in [6, 6.07) is 0. The summed E-state index contributed by atoms with van der Waals surface area (Å²) in [7, 11) is 0. The van der Waals surface area contributed by atoms with Gasteiger partial charge in [0.05, 0.1) is 13.2 Å². The average Bonchev–Trinajstić information content (AvgIpc) is 2.22. The zero-order valence-electron chi connectivity index (χ0n) is 9.51. The van der Waals surface area contributed by atoms with Crippen molar-refractivity contribution in [1.82, 2.24) is 10.2 Å². The summed E-state index contributed by atoms with van der Waals surface area (Å²) in [5.41, 5.74) is 0. The molecule has 1 aliphatic heterocycles. The van der Waals surface area contributed by atoms with Crippen molar-refractivity contribution in [3.05, 3.63) is 0 Å². The normalized spacial score (nSPS) is 16.8. The standard InChI is InChI=1S/C8H16N2O2.C2H6/c1-2-12-8(11)7-10-5-3-9-4-6-10;1-2/h9H,2-7H2,1H3;1-2H3. The molecule has 4 nitrogen and oxygen atoms in total. The first kappa shape index (κ1) is 13.4. The molecule has 4 heteroatoms. The lowest BCUT2D eigenvalue weighted by Gasteiger charge is -2.25. The molecule has 1 saturated heterocycles. The topological polar surface area (TPSA) is 41.6 Å². The fourth-order valence-electron chi connectivity index (χ4n) is 1.26. The first-order chi connectivity index (χ1) is 6.83. The number of esters is 1. The summed E-state index contributed by atoms with van der Waals surface area (Å²) in [5.74, 6) is -0.112. The van der Waals surface area contributed by atoms with E-state index in [1.54, 1.807) is 0 Å². The molecule has 0 aromatic heterocycles. The van der Waals surface area contributed by atoms with Gasteiger partial charge in [0.1, 0.15) is 0 Å². The van der Waals surface area contributed by atoms with E-state index in [-0.39, 0.29) is 5.97 Å². The van der Waals surface area contributed by atoms with Gasteiger partial charge in [-0.05, 0) is 6.92 Å². The lowest BCUT2D eigenvalue weighted by Crippen LogP contribution is -2.45. The molecule has 0 aromatic carbocycles. The molecular formula is C10H22N2O2. The molecule has 0 amide bonds. The van der Waals surface area contributed by atoms with Gasteiger partial charge >= 0.3 is 5.97 Å². The van der Waals surface area contributed by atoms with Crippen LogP contribution in [0.1, 0.15) is 20.8 Å². The molecule has 0 aliphatic carbocycles. The number of ether oxygens (including phenoxy) is 1. The van der Waals surface area contributed by atoms with Gasteiger partial charge in [-0.1, -0.05) is 13.8 Å². The molecule has 1 fully saturated rings. The van der Waals surface area contributed by atoms with Crippen LogP contribution in [0.2, 0.25) is 0 Å². The minimum atomic E-state index is -0.112. The summed E-state index contributed by atoms with van der Waals surface area (Å²) in [4.78, 5) is 13.1. The summed E-state index contributed by atoms with van der Waals surface area (Å²) < 4.78 is 4.84. The molecular weight excluding hydrogens is 180 g/mol. The number of hydrogen-bond acceptors (Lipinski definition) is 4. The molecule has 1 N–H and O–H groups in total. The Bertz CT molecular complexity index is 145. The summed E-state index contributed by atoms with van der Waals surface area (Å²) in [6.07, 6.45) is 0. The monoisotopic (exact) mass is 202 g/mol. The van der Waals surface area contributed by atoms with Crippen LogP contribution in [0.3, 0.4) is 0 Å². The van der Waals surface area contributed by atoms with E-state index in [1.165, 1.54) is 0 Å². The van der Waals surface area contributed by atoms with Crippen LogP contribution in [-0.4, -0.2) is 50.2 Å². The summed E-state index contributed by atoms with van der Waals surface area (Å²) in [5, 5.41) is 3.23. The Morgan fingerprint density at radius 3 is 2.43 bits per heavy atom. The second-order valence-electron chi connectivity index (χ2n) is 2.83. The predicted octanol–water partition coefficient (Wildman–Crippen LogP) is 0.481. The van der Waals surface area contributed by atoms with Gasteiger partial charge in [0.15, 0.2) is 0 Å². The van der Waals surface area contributed by atoms with Crippen molar-refractivity contribution >= 4 is 5.97 Å². The van der Waals surface area contributed by atoms with Gasteiger partial charge < -0.3 is 10.1 Å². The Kier molecular flexibility index (Phi) is 8.57.